The molecule has 1 aliphatic heterocycles. The number of hydrogen-bond acceptors (Lipinski definition) is 3. The minimum Gasteiger partial charge on any atom is -0.337 e. The van der Waals surface area contributed by atoms with Crippen molar-refractivity contribution in [1.82, 2.24) is 20.1 Å². The number of hydrogen-bond donors (Lipinski definition) is 2. The van der Waals surface area contributed by atoms with E-state index in [0.29, 0.717) is 29.7 Å². The summed E-state index contributed by atoms with van der Waals surface area (Å²) in [5.74, 6) is 0.181. The standard InChI is InChI=1S/C20H19ClN4O2/c21-15-5-2-1-4-14(15)18-12-17(23-24-18)13-8-10-25(11-9-13)20(27)16-6-3-7-19(26)22-16/h1-7,12-13H,8-11H2,(H,22,26)(H,23,24). The summed E-state index contributed by atoms with van der Waals surface area (Å²) in [5.41, 5.74) is 2.87. The molecule has 1 amide bonds. The number of piperidine rings is 1. The molecule has 0 aliphatic carbocycles. The lowest BCUT2D eigenvalue weighted by molar-refractivity contribution is 0.0706. The SMILES string of the molecule is O=C(c1cccc(=O)[nH]1)N1CCC(c2cc(-c3ccccc3Cl)n[nH]2)CC1. The highest BCUT2D eigenvalue weighted by molar-refractivity contribution is 6.33. The van der Waals surface area contributed by atoms with Gasteiger partial charge in [0.05, 0.1) is 10.7 Å². The lowest BCUT2D eigenvalue weighted by Gasteiger charge is -2.31. The van der Waals surface area contributed by atoms with E-state index in [4.69, 9.17) is 11.6 Å². The maximum atomic E-state index is 12.5. The Kier molecular flexibility index (Phi) is 4.81. The van der Waals surface area contributed by atoms with Gasteiger partial charge in [-0.3, -0.25) is 14.7 Å². The number of pyridine rings is 1. The average Bonchev–Trinajstić information content (AvgIpc) is 3.18. The summed E-state index contributed by atoms with van der Waals surface area (Å²) in [6.45, 7) is 1.28. The molecule has 4 rings (SSSR count). The molecule has 0 saturated carbocycles. The van der Waals surface area contributed by atoms with E-state index >= 15 is 0 Å². The van der Waals surface area contributed by atoms with Crippen LogP contribution in [0.3, 0.4) is 0 Å². The van der Waals surface area contributed by atoms with Gasteiger partial charge in [-0.2, -0.15) is 5.10 Å². The zero-order chi connectivity index (χ0) is 18.8. The van der Waals surface area contributed by atoms with Crippen molar-refractivity contribution < 1.29 is 4.79 Å². The Morgan fingerprint density at radius 2 is 1.89 bits per heavy atom. The Bertz CT molecular complexity index is 1020. The predicted molar refractivity (Wildman–Crippen MR) is 104 cm³/mol. The topological polar surface area (TPSA) is 81.8 Å². The summed E-state index contributed by atoms with van der Waals surface area (Å²) in [6, 6.07) is 14.3. The fraction of sp³-hybridized carbons (Fsp3) is 0.250. The summed E-state index contributed by atoms with van der Waals surface area (Å²) in [4.78, 5) is 28.3. The molecule has 1 aromatic carbocycles. The summed E-state index contributed by atoms with van der Waals surface area (Å²) in [7, 11) is 0. The van der Waals surface area contributed by atoms with Crippen LogP contribution in [0, 0.1) is 0 Å². The molecule has 0 atom stereocenters. The van der Waals surface area contributed by atoms with Crippen LogP contribution in [0.4, 0.5) is 0 Å². The van der Waals surface area contributed by atoms with Gasteiger partial charge >= 0.3 is 0 Å². The third-order valence-electron chi connectivity index (χ3n) is 4.97. The van der Waals surface area contributed by atoms with Crippen LogP contribution in [0.25, 0.3) is 11.3 Å². The highest BCUT2D eigenvalue weighted by Crippen LogP contribution is 2.31. The number of carbonyl (C=O) groups excluding carboxylic acids is 1. The highest BCUT2D eigenvalue weighted by Gasteiger charge is 2.26. The molecule has 0 bridgehead atoms. The molecule has 2 aromatic heterocycles. The second-order valence-corrected chi connectivity index (χ2v) is 7.09. The lowest BCUT2D eigenvalue weighted by atomic mass is 9.93. The van der Waals surface area contributed by atoms with E-state index in [9.17, 15) is 9.59 Å². The highest BCUT2D eigenvalue weighted by atomic mass is 35.5. The predicted octanol–water partition coefficient (Wildman–Crippen LogP) is 3.44. The largest absolute Gasteiger partial charge is 0.337 e. The van der Waals surface area contributed by atoms with Crippen molar-refractivity contribution in [1.29, 1.82) is 0 Å². The van der Waals surface area contributed by atoms with Gasteiger partial charge < -0.3 is 9.88 Å². The number of amides is 1. The van der Waals surface area contributed by atoms with Gasteiger partial charge in [0.1, 0.15) is 5.69 Å². The van der Waals surface area contributed by atoms with Gasteiger partial charge in [0, 0.05) is 36.3 Å². The number of aromatic amines is 2. The molecule has 3 aromatic rings. The van der Waals surface area contributed by atoms with Crippen LogP contribution in [0.15, 0.2) is 53.3 Å². The van der Waals surface area contributed by atoms with E-state index < -0.39 is 0 Å². The molecule has 1 saturated heterocycles. The van der Waals surface area contributed by atoms with Gasteiger partial charge in [0.2, 0.25) is 5.56 Å². The molecule has 138 valence electrons. The van der Waals surface area contributed by atoms with E-state index in [0.717, 1.165) is 29.8 Å². The number of nitrogens with zero attached hydrogens (tertiary/aromatic N) is 2. The van der Waals surface area contributed by atoms with Crippen molar-refractivity contribution in [2.45, 2.75) is 18.8 Å². The summed E-state index contributed by atoms with van der Waals surface area (Å²) >= 11 is 6.25. The minimum atomic E-state index is -0.264. The molecule has 0 spiro atoms. The van der Waals surface area contributed by atoms with Crippen LogP contribution in [-0.4, -0.2) is 39.1 Å². The molecule has 1 aliphatic rings. The molecule has 0 unspecified atom stereocenters. The number of aromatic nitrogens is 3. The summed E-state index contributed by atoms with van der Waals surface area (Å²) in [6.07, 6.45) is 1.68. The lowest BCUT2D eigenvalue weighted by Crippen LogP contribution is -2.38. The van der Waals surface area contributed by atoms with E-state index in [1.54, 1.807) is 17.0 Å². The Morgan fingerprint density at radius 1 is 1.11 bits per heavy atom. The molecule has 0 radical (unpaired) electrons. The van der Waals surface area contributed by atoms with E-state index in [-0.39, 0.29) is 11.5 Å². The Hall–Kier alpha value is -2.86. The Morgan fingerprint density at radius 3 is 2.63 bits per heavy atom. The third-order valence-corrected chi connectivity index (χ3v) is 5.30. The maximum Gasteiger partial charge on any atom is 0.270 e. The van der Waals surface area contributed by atoms with Crippen molar-refractivity contribution in [2.75, 3.05) is 13.1 Å². The quantitative estimate of drug-likeness (QED) is 0.728. The van der Waals surface area contributed by atoms with Crippen molar-refractivity contribution in [2.24, 2.45) is 0 Å². The van der Waals surface area contributed by atoms with Crippen molar-refractivity contribution in [3.05, 3.63) is 75.3 Å². The number of rotatable bonds is 3. The summed E-state index contributed by atoms with van der Waals surface area (Å²) in [5, 5.41) is 8.20. The fourth-order valence-corrected chi connectivity index (χ4v) is 3.72. The van der Waals surface area contributed by atoms with Gasteiger partial charge in [-0.25, -0.2) is 0 Å². The molecule has 3 heterocycles. The molecule has 2 N–H and O–H groups in total. The smallest absolute Gasteiger partial charge is 0.270 e. The zero-order valence-electron chi connectivity index (χ0n) is 14.6. The van der Waals surface area contributed by atoms with Crippen LogP contribution in [0.1, 0.15) is 34.9 Å². The van der Waals surface area contributed by atoms with Gasteiger partial charge in [-0.15, -0.1) is 0 Å². The minimum absolute atomic E-state index is 0.132. The molecule has 1 fully saturated rings. The number of benzene rings is 1. The zero-order valence-corrected chi connectivity index (χ0v) is 15.4. The molecule has 6 nitrogen and oxygen atoms in total. The van der Waals surface area contributed by atoms with Crippen molar-refractivity contribution >= 4 is 17.5 Å². The maximum absolute atomic E-state index is 12.5. The molecular weight excluding hydrogens is 364 g/mol. The number of nitrogens with one attached hydrogen (secondary N) is 2. The molecular formula is C20H19ClN4O2. The van der Waals surface area contributed by atoms with Gasteiger partial charge in [-0.05, 0) is 31.0 Å². The number of halogens is 1. The van der Waals surface area contributed by atoms with Gasteiger partial charge in [-0.1, -0.05) is 35.9 Å². The van der Waals surface area contributed by atoms with E-state index in [2.05, 4.69) is 15.2 Å². The first kappa shape index (κ1) is 17.5. The van der Waals surface area contributed by atoms with E-state index in [1.165, 1.54) is 6.07 Å². The summed E-state index contributed by atoms with van der Waals surface area (Å²) < 4.78 is 0. The van der Waals surface area contributed by atoms with Crippen molar-refractivity contribution in [3.8, 4) is 11.3 Å². The molecule has 27 heavy (non-hydrogen) atoms. The third kappa shape index (κ3) is 3.66. The second kappa shape index (κ2) is 7.40. The van der Waals surface area contributed by atoms with Crippen LogP contribution in [0.2, 0.25) is 5.02 Å². The first-order valence-corrected chi connectivity index (χ1v) is 9.28. The Balaban J connectivity index is 1.43. The second-order valence-electron chi connectivity index (χ2n) is 6.68. The average molecular weight is 383 g/mol. The normalized spacial score (nSPS) is 15.1. The Labute approximate surface area is 161 Å². The monoisotopic (exact) mass is 382 g/mol. The molecule has 7 heteroatoms. The van der Waals surface area contributed by atoms with Gasteiger partial charge in [0.25, 0.3) is 5.91 Å². The van der Waals surface area contributed by atoms with Gasteiger partial charge in [0.15, 0.2) is 0 Å². The van der Waals surface area contributed by atoms with Crippen LogP contribution in [-0.2, 0) is 0 Å². The first-order valence-electron chi connectivity index (χ1n) is 8.90. The van der Waals surface area contributed by atoms with Crippen LogP contribution < -0.4 is 5.56 Å². The number of H-pyrrole nitrogens is 2. The fourth-order valence-electron chi connectivity index (χ4n) is 3.49. The van der Waals surface area contributed by atoms with E-state index in [1.807, 2.05) is 30.3 Å². The number of carbonyl (C=O) groups is 1. The number of likely N-dealkylation sites (tertiary alicyclic amines) is 1. The van der Waals surface area contributed by atoms with Crippen LogP contribution >= 0.6 is 11.6 Å². The van der Waals surface area contributed by atoms with Crippen molar-refractivity contribution in [3.63, 3.8) is 0 Å². The van der Waals surface area contributed by atoms with Crippen LogP contribution in [0.5, 0.6) is 0 Å². The first-order chi connectivity index (χ1) is 13.1.